The highest BCUT2D eigenvalue weighted by Crippen LogP contribution is 2.04. The van der Waals surface area contributed by atoms with Gasteiger partial charge in [0.1, 0.15) is 6.04 Å². The smallest absolute Gasteiger partial charge is 0.374 e. The minimum Gasteiger partial charge on any atom is -0.464 e. The first-order valence-electron chi connectivity index (χ1n) is 3.31. The molecule has 1 heterocycles. The lowest BCUT2D eigenvalue weighted by Gasteiger charge is -2.06. The molecule has 1 rings (SSSR count). The van der Waals surface area contributed by atoms with Crippen LogP contribution in [-0.4, -0.2) is 30.7 Å². The molecule has 1 aliphatic rings. The minimum absolute atomic E-state index is 0.263. The topological polar surface area (TPSA) is 58.6 Å². The zero-order valence-electron chi connectivity index (χ0n) is 5.83. The summed E-state index contributed by atoms with van der Waals surface area (Å²) in [7, 11) is -0.643. The zero-order chi connectivity index (χ0) is 7.56. The highest BCUT2D eigenvalue weighted by molar-refractivity contribution is 6.46. The van der Waals surface area contributed by atoms with E-state index in [9.17, 15) is 4.79 Å². The predicted molar refractivity (Wildman–Crippen MR) is 36.3 cm³/mol. The van der Waals surface area contributed by atoms with Gasteiger partial charge in [-0.15, -0.1) is 0 Å². The maximum Gasteiger partial charge on any atom is 0.374 e. The Labute approximate surface area is 59.7 Å². The van der Waals surface area contributed by atoms with E-state index in [0.29, 0.717) is 13.0 Å². The second-order valence-corrected chi connectivity index (χ2v) is 2.35. The van der Waals surface area contributed by atoms with E-state index in [1.165, 1.54) is 0 Å². The van der Waals surface area contributed by atoms with Crippen LogP contribution >= 0.6 is 0 Å². The number of hydrogen-bond donors (Lipinski definition) is 2. The summed E-state index contributed by atoms with van der Waals surface area (Å²) in [5.41, 5.74) is 0. The lowest BCUT2D eigenvalue weighted by molar-refractivity contribution is -0.139. The predicted octanol–water partition coefficient (Wildman–Crippen LogP) is -0.998. The van der Waals surface area contributed by atoms with Crippen molar-refractivity contribution in [3.8, 4) is 0 Å². The molecule has 4 nitrogen and oxygen atoms in total. The van der Waals surface area contributed by atoms with Crippen molar-refractivity contribution in [2.45, 2.75) is 19.3 Å². The van der Waals surface area contributed by atoms with E-state index < -0.39 is 7.05 Å². The maximum atomic E-state index is 10.7. The van der Waals surface area contributed by atoms with Crippen molar-refractivity contribution in [2.75, 3.05) is 6.61 Å². The van der Waals surface area contributed by atoms with Crippen LogP contribution in [0.15, 0.2) is 0 Å². The van der Waals surface area contributed by atoms with E-state index in [1.807, 2.05) is 0 Å². The number of carbonyl (C=O) groups excluding carboxylic acids is 1. The van der Waals surface area contributed by atoms with E-state index in [4.69, 9.17) is 5.02 Å². The number of rotatable bonds is 2. The first-order chi connectivity index (χ1) is 4.70. The third-order valence-electron chi connectivity index (χ3n) is 1.38. The molecule has 0 aromatic heterocycles. The Hall–Kier alpha value is -0.545. The van der Waals surface area contributed by atoms with Gasteiger partial charge in [0, 0.05) is 6.42 Å². The average Bonchev–Trinajstić information content (AvgIpc) is 2.15. The van der Waals surface area contributed by atoms with E-state index in [1.54, 1.807) is 6.82 Å². The van der Waals surface area contributed by atoms with Crippen molar-refractivity contribution in [1.29, 1.82) is 0 Å². The molecule has 0 radical (unpaired) electrons. The molecule has 1 aliphatic heterocycles. The van der Waals surface area contributed by atoms with Gasteiger partial charge >= 0.3 is 13.0 Å². The van der Waals surface area contributed by atoms with Crippen molar-refractivity contribution < 1.29 is 14.6 Å². The first-order valence-corrected chi connectivity index (χ1v) is 3.31. The van der Waals surface area contributed by atoms with E-state index in [2.05, 4.69) is 9.96 Å². The van der Waals surface area contributed by atoms with Gasteiger partial charge in [0.15, 0.2) is 0 Å². The third-order valence-corrected chi connectivity index (χ3v) is 1.38. The van der Waals surface area contributed by atoms with Crippen LogP contribution in [0.25, 0.3) is 0 Å². The molecule has 10 heavy (non-hydrogen) atoms. The molecule has 2 N–H and O–H groups in total. The molecule has 0 bridgehead atoms. The molecule has 0 aromatic carbocycles. The Balaban J connectivity index is 2.33. The summed E-state index contributed by atoms with van der Waals surface area (Å²) in [6, 6.07) is -0.306. The number of hydrogen-bond acceptors (Lipinski definition) is 4. The fraction of sp³-hybridized carbons (Fsp3) is 0.800. The Morgan fingerprint density at radius 2 is 2.60 bits per heavy atom. The monoisotopic (exact) mass is 143 g/mol. The number of esters is 1. The Bertz CT molecular complexity index is 139. The summed E-state index contributed by atoms with van der Waals surface area (Å²) in [4.78, 5) is 10.7. The fourth-order valence-electron chi connectivity index (χ4n) is 0.938. The van der Waals surface area contributed by atoms with Crippen LogP contribution in [-0.2, 0) is 9.53 Å². The second-order valence-electron chi connectivity index (χ2n) is 2.35. The van der Waals surface area contributed by atoms with Crippen LogP contribution in [0.1, 0.15) is 6.42 Å². The van der Waals surface area contributed by atoms with Gasteiger partial charge in [0.05, 0.1) is 6.61 Å². The van der Waals surface area contributed by atoms with Gasteiger partial charge in [-0.3, -0.25) is 4.79 Å². The van der Waals surface area contributed by atoms with E-state index in [0.717, 1.165) is 0 Å². The molecule has 1 saturated heterocycles. The second kappa shape index (κ2) is 3.03. The molecule has 5 heteroatoms. The van der Waals surface area contributed by atoms with Crippen molar-refractivity contribution in [1.82, 2.24) is 5.23 Å². The fourth-order valence-corrected chi connectivity index (χ4v) is 0.938. The molecule has 1 unspecified atom stereocenters. The van der Waals surface area contributed by atoms with E-state index >= 15 is 0 Å². The summed E-state index contributed by atoms with van der Waals surface area (Å²) >= 11 is 0. The lowest BCUT2D eigenvalue weighted by atomic mass is 9.87. The van der Waals surface area contributed by atoms with Crippen LogP contribution in [0.5, 0.6) is 0 Å². The lowest BCUT2D eigenvalue weighted by Crippen LogP contribution is -2.42. The Morgan fingerprint density at radius 3 is 3.00 bits per heavy atom. The number of ether oxygens (including phenoxy) is 1. The Kier molecular flexibility index (Phi) is 2.29. The molecule has 1 fully saturated rings. The SMILES string of the molecule is CB(O)NC1CCOC1=O. The molecule has 0 aliphatic carbocycles. The molecular weight excluding hydrogens is 133 g/mol. The average molecular weight is 143 g/mol. The summed E-state index contributed by atoms with van der Waals surface area (Å²) < 4.78 is 4.65. The summed E-state index contributed by atoms with van der Waals surface area (Å²) in [6.45, 7) is 2.04. The first kappa shape index (κ1) is 7.56. The van der Waals surface area contributed by atoms with Crippen molar-refractivity contribution in [3.63, 3.8) is 0 Å². The van der Waals surface area contributed by atoms with Gasteiger partial charge in [-0.25, -0.2) is 0 Å². The van der Waals surface area contributed by atoms with Gasteiger partial charge in [0.25, 0.3) is 0 Å². The van der Waals surface area contributed by atoms with Crippen LogP contribution in [0.4, 0.5) is 0 Å². The number of cyclic esters (lactones) is 1. The largest absolute Gasteiger partial charge is 0.464 e. The van der Waals surface area contributed by atoms with Gasteiger partial charge < -0.3 is 15.0 Å². The number of carbonyl (C=O) groups is 1. The molecule has 0 saturated carbocycles. The molecule has 0 spiro atoms. The summed E-state index contributed by atoms with van der Waals surface area (Å²) in [5, 5.41) is 11.5. The standard InChI is InChI=1S/C5H10BNO3/c1-6(9)7-4-2-3-10-5(4)8/h4,7,9H,2-3H2,1H3. The van der Waals surface area contributed by atoms with Crippen LogP contribution < -0.4 is 5.23 Å². The van der Waals surface area contributed by atoms with Crippen molar-refractivity contribution in [3.05, 3.63) is 0 Å². The van der Waals surface area contributed by atoms with Crippen molar-refractivity contribution >= 4 is 13.0 Å². The summed E-state index contributed by atoms with van der Waals surface area (Å²) in [5.74, 6) is -0.263. The molecule has 0 amide bonds. The molecule has 1 atom stereocenters. The maximum absolute atomic E-state index is 10.7. The van der Waals surface area contributed by atoms with Gasteiger partial charge in [-0.1, -0.05) is 0 Å². The molecule has 0 aromatic rings. The normalized spacial score (nSPS) is 24.6. The number of nitrogens with one attached hydrogen (secondary N) is 1. The highest BCUT2D eigenvalue weighted by Gasteiger charge is 2.27. The molecule has 56 valence electrons. The van der Waals surface area contributed by atoms with Gasteiger partial charge in [0.2, 0.25) is 0 Å². The zero-order valence-corrected chi connectivity index (χ0v) is 5.83. The van der Waals surface area contributed by atoms with Gasteiger partial charge in [-0.2, -0.15) is 0 Å². The van der Waals surface area contributed by atoms with Crippen LogP contribution in [0.2, 0.25) is 6.82 Å². The quantitative estimate of drug-likeness (QED) is 0.384. The molecular formula is C5H10BNO3. The highest BCUT2D eigenvalue weighted by atomic mass is 16.5. The minimum atomic E-state index is -0.643. The summed E-state index contributed by atoms with van der Waals surface area (Å²) in [6.07, 6.45) is 0.656. The van der Waals surface area contributed by atoms with E-state index in [-0.39, 0.29) is 12.0 Å². The van der Waals surface area contributed by atoms with Gasteiger partial charge in [-0.05, 0) is 6.82 Å². The Morgan fingerprint density at radius 1 is 1.90 bits per heavy atom. The van der Waals surface area contributed by atoms with Crippen LogP contribution in [0, 0.1) is 0 Å². The van der Waals surface area contributed by atoms with Crippen molar-refractivity contribution in [2.24, 2.45) is 0 Å². The third kappa shape index (κ3) is 1.72. The van der Waals surface area contributed by atoms with Crippen LogP contribution in [0.3, 0.4) is 0 Å².